The van der Waals surface area contributed by atoms with E-state index in [9.17, 15) is 9.50 Å². The molecule has 104 valence electrons. The number of nitrogens with zero attached hydrogens (tertiary/aromatic N) is 1. The molecule has 0 aromatic heterocycles. The zero-order valence-electron chi connectivity index (χ0n) is 10.7. The zero-order chi connectivity index (χ0) is 13.3. The lowest BCUT2D eigenvalue weighted by Crippen LogP contribution is -2.35. The number of halogens is 1. The second-order valence-corrected chi connectivity index (χ2v) is 5.16. The second-order valence-electron chi connectivity index (χ2n) is 5.16. The van der Waals surface area contributed by atoms with E-state index in [0.29, 0.717) is 26.3 Å². The first-order valence-corrected chi connectivity index (χ1v) is 6.61. The fourth-order valence-corrected chi connectivity index (χ4v) is 2.75. The molecule has 0 amide bonds. The Kier molecular flexibility index (Phi) is 3.54. The number of hydrogen-bond acceptors (Lipinski definition) is 4. The minimum Gasteiger partial charge on any atom is -0.387 e. The zero-order valence-corrected chi connectivity index (χ0v) is 10.7. The summed E-state index contributed by atoms with van der Waals surface area (Å²) in [7, 11) is 0. The lowest BCUT2D eigenvalue weighted by molar-refractivity contribution is -0.145. The molecule has 2 fully saturated rings. The van der Waals surface area contributed by atoms with Crippen molar-refractivity contribution in [2.45, 2.75) is 18.3 Å². The maximum absolute atomic E-state index is 12.8. The second kappa shape index (κ2) is 5.17. The van der Waals surface area contributed by atoms with Crippen LogP contribution in [0.15, 0.2) is 24.3 Å². The third kappa shape index (κ3) is 2.79. The molecular weight excluding hydrogens is 249 g/mol. The Hall–Kier alpha value is -1.01. The predicted octanol–water partition coefficient (Wildman–Crippen LogP) is 1.31. The molecule has 1 aromatic carbocycles. The molecule has 1 aromatic rings. The van der Waals surface area contributed by atoms with Gasteiger partial charge in [0.2, 0.25) is 0 Å². The lowest BCUT2D eigenvalue weighted by atomic mass is 10.1. The Bertz CT molecular complexity index is 431. The van der Waals surface area contributed by atoms with Crippen molar-refractivity contribution in [2.24, 2.45) is 0 Å². The van der Waals surface area contributed by atoms with Gasteiger partial charge in [0.15, 0.2) is 5.79 Å². The topological polar surface area (TPSA) is 41.9 Å². The molecule has 0 bridgehead atoms. The Morgan fingerprint density at radius 2 is 1.95 bits per heavy atom. The summed E-state index contributed by atoms with van der Waals surface area (Å²) in [6.07, 6.45) is 0.223. The number of benzene rings is 1. The quantitative estimate of drug-likeness (QED) is 0.896. The number of aliphatic hydroxyl groups excluding tert-OH is 1. The Morgan fingerprint density at radius 3 is 2.63 bits per heavy atom. The van der Waals surface area contributed by atoms with Crippen LogP contribution in [0.3, 0.4) is 0 Å². The number of β-amino-alcohol motifs (C(OH)–C–C–N with tert-alkyl or cyclic N) is 1. The summed E-state index contributed by atoms with van der Waals surface area (Å²) in [6.45, 7) is 3.34. The molecule has 4 nitrogen and oxygen atoms in total. The molecule has 1 spiro atoms. The van der Waals surface area contributed by atoms with E-state index >= 15 is 0 Å². The molecule has 2 saturated heterocycles. The first kappa shape index (κ1) is 13.0. The minimum absolute atomic E-state index is 0.288. The highest BCUT2D eigenvalue weighted by atomic mass is 19.1. The number of aliphatic hydroxyl groups is 1. The Labute approximate surface area is 111 Å². The molecule has 1 atom stereocenters. The molecule has 1 unspecified atom stereocenters. The van der Waals surface area contributed by atoms with Gasteiger partial charge in [-0.3, -0.25) is 4.90 Å². The molecule has 0 radical (unpaired) electrons. The van der Waals surface area contributed by atoms with Gasteiger partial charge >= 0.3 is 0 Å². The van der Waals surface area contributed by atoms with E-state index in [2.05, 4.69) is 4.90 Å². The highest BCUT2D eigenvalue weighted by molar-refractivity contribution is 5.18. The van der Waals surface area contributed by atoms with Gasteiger partial charge in [0.05, 0.1) is 25.9 Å². The number of ether oxygens (including phenoxy) is 2. The largest absolute Gasteiger partial charge is 0.387 e. The van der Waals surface area contributed by atoms with Gasteiger partial charge in [0, 0.05) is 19.5 Å². The summed E-state index contributed by atoms with van der Waals surface area (Å²) < 4.78 is 24.1. The highest BCUT2D eigenvalue weighted by Crippen LogP contribution is 2.31. The summed E-state index contributed by atoms with van der Waals surface area (Å²) in [5.41, 5.74) is 0.732. The van der Waals surface area contributed by atoms with Gasteiger partial charge in [-0.25, -0.2) is 4.39 Å². The first-order chi connectivity index (χ1) is 9.17. The van der Waals surface area contributed by atoms with Gasteiger partial charge < -0.3 is 14.6 Å². The molecule has 1 N–H and O–H groups in total. The van der Waals surface area contributed by atoms with Crippen LogP contribution >= 0.6 is 0 Å². The van der Waals surface area contributed by atoms with Crippen molar-refractivity contribution < 1.29 is 19.0 Å². The molecule has 3 rings (SSSR count). The monoisotopic (exact) mass is 267 g/mol. The average molecular weight is 267 g/mol. The fraction of sp³-hybridized carbons (Fsp3) is 0.571. The molecule has 0 saturated carbocycles. The van der Waals surface area contributed by atoms with Crippen LogP contribution in [-0.2, 0) is 9.47 Å². The van der Waals surface area contributed by atoms with Crippen molar-refractivity contribution in [3.05, 3.63) is 35.6 Å². The third-order valence-corrected chi connectivity index (χ3v) is 3.77. The molecule has 5 heteroatoms. The van der Waals surface area contributed by atoms with Crippen molar-refractivity contribution >= 4 is 0 Å². The molecule has 2 aliphatic rings. The summed E-state index contributed by atoms with van der Waals surface area (Å²) in [4.78, 5) is 2.12. The predicted molar refractivity (Wildman–Crippen MR) is 67.1 cm³/mol. The normalized spacial score (nSPS) is 24.1. The molecule has 19 heavy (non-hydrogen) atoms. The molecule has 0 aliphatic carbocycles. The minimum atomic E-state index is -0.614. The smallest absolute Gasteiger partial charge is 0.182 e. The van der Waals surface area contributed by atoms with Crippen molar-refractivity contribution in [1.29, 1.82) is 0 Å². The van der Waals surface area contributed by atoms with Crippen molar-refractivity contribution in [3.8, 4) is 0 Å². The van der Waals surface area contributed by atoms with E-state index < -0.39 is 11.9 Å². The highest BCUT2D eigenvalue weighted by Gasteiger charge is 2.43. The van der Waals surface area contributed by atoms with Crippen LogP contribution in [0.1, 0.15) is 18.1 Å². The first-order valence-electron chi connectivity index (χ1n) is 6.61. The van der Waals surface area contributed by atoms with E-state index in [-0.39, 0.29) is 5.82 Å². The maximum Gasteiger partial charge on any atom is 0.182 e. The van der Waals surface area contributed by atoms with E-state index in [1.54, 1.807) is 12.1 Å². The lowest BCUT2D eigenvalue weighted by Gasteiger charge is -2.24. The summed E-state index contributed by atoms with van der Waals surface area (Å²) >= 11 is 0. The SMILES string of the molecule is OC(CN1CCC2(C1)OCCO2)c1ccc(F)cc1. The average Bonchev–Trinajstić information content (AvgIpc) is 3.01. The van der Waals surface area contributed by atoms with Crippen LogP contribution in [0.25, 0.3) is 0 Å². The van der Waals surface area contributed by atoms with Crippen molar-refractivity contribution in [2.75, 3.05) is 32.8 Å². The number of rotatable bonds is 3. The van der Waals surface area contributed by atoms with Gasteiger partial charge in [-0.2, -0.15) is 0 Å². The van der Waals surface area contributed by atoms with E-state index in [0.717, 1.165) is 18.5 Å². The Morgan fingerprint density at radius 1 is 1.26 bits per heavy atom. The van der Waals surface area contributed by atoms with Crippen LogP contribution in [0.2, 0.25) is 0 Å². The van der Waals surface area contributed by atoms with Gasteiger partial charge in [0.1, 0.15) is 5.82 Å². The van der Waals surface area contributed by atoms with Crippen LogP contribution in [-0.4, -0.2) is 48.6 Å². The third-order valence-electron chi connectivity index (χ3n) is 3.77. The maximum atomic E-state index is 12.8. The van der Waals surface area contributed by atoms with Crippen LogP contribution in [0.4, 0.5) is 4.39 Å². The van der Waals surface area contributed by atoms with Crippen LogP contribution in [0.5, 0.6) is 0 Å². The summed E-state index contributed by atoms with van der Waals surface area (Å²) in [6, 6.07) is 5.98. The van der Waals surface area contributed by atoms with Gasteiger partial charge in [0.25, 0.3) is 0 Å². The van der Waals surface area contributed by atoms with Crippen LogP contribution in [0, 0.1) is 5.82 Å². The van der Waals surface area contributed by atoms with E-state index in [1.165, 1.54) is 12.1 Å². The van der Waals surface area contributed by atoms with Crippen molar-refractivity contribution in [3.63, 3.8) is 0 Å². The van der Waals surface area contributed by atoms with E-state index in [1.807, 2.05) is 0 Å². The van der Waals surface area contributed by atoms with Crippen molar-refractivity contribution in [1.82, 2.24) is 4.90 Å². The molecular formula is C14H18FNO3. The summed E-state index contributed by atoms with van der Waals surface area (Å²) in [5.74, 6) is -0.744. The molecule has 2 heterocycles. The van der Waals surface area contributed by atoms with Gasteiger partial charge in [-0.05, 0) is 17.7 Å². The molecule has 2 aliphatic heterocycles. The fourth-order valence-electron chi connectivity index (χ4n) is 2.75. The summed E-state index contributed by atoms with van der Waals surface area (Å²) in [5, 5.41) is 10.2. The van der Waals surface area contributed by atoms with E-state index in [4.69, 9.17) is 9.47 Å². The number of hydrogen-bond donors (Lipinski definition) is 1. The Balaban J connectivity index is 1.58. The standard InChI is InChI=1S/C14H18FNO3/c15-12-3-1-11(2-4-12)13(17)9-16-6-5-14(10-16)18-7-8-19-14/h1-4,13,17H,5-10H2. The van der Waals surface area contributed by atoms with Crippen LogP contribution < -0.4 is 0 Å². The number of likely N-dealkylation sites (tertiary alicyclic amines) is 1. The van der Waals surface area contributed by atoms with Gasteiger partial charge in [-0.1, -0.05) is 12.1 Å². The van der Waals surface area contributed by atoms with Gasteiger partial charge in [-0.15, -0.1) is 0 Å².